The Morgan fingerprint density at radius 2 is 1.84 bits per heavy atom. The van der Waals surface area contributed by atoms with E-state index in [1.807, 2.05) is 6.92 Å². The summed E-state index contributed by atoms with van der Waals surface area (Å²) in [5, 5.41) is 11.0. The monoisotopic (exact) mass is 342 g/mol. The highest BCUT2D eigenvalue weighted by atomic mass is 16.7. The fraction of sp³-hybridized carbons (Fsp3) is 0.316. The predicted molar refractivity (Wildman–Crippen MR) is 92.3 cm³/mol. The minimum absolute atomic E-state index is 0.0623. The fourth-order valence-corrected chi connectivity index (χ4v) is 3.25. The Morgan fingerprint density at radius 1 is 1.12 bits per heavy atom. The minimum atomic E-state index is -0.701. The number of hydrogen-bond acceptors (Lipinski definition) is 6. The Balaban J connectivity index is 2.18. The van der Waals surface area contributed by atoms with Crippen molar-refractivity contribution in [2.75, 3.05) is 20.3 Å². The molecule has 1 aromatic heterocycles. The third kappa shape index (κ3) is 2.29. The third-order valence-electron chi connectivity index (χ3n) is 4.70. The third-order valence-corrected chi connectivity index (χ3v) is 4.70. The second-order valence-corrected chi connectivity index (χ2v) is 6.10. The first kappa shape index (κ1) is 15.9. The maximum absolute atomic E-state index is 13.2. The molecule has 1 fully saturated rings. The summed E-state index contributed by atoms with van der Waals surface area (Å²) in [5.74, 6) is 0.419. The van der Waals surface area contributed by atoms with Crippen molar-refractivity contribution in [3.8, 4) is 11.5 Å². The highest BCUT2D eigenvalue weighted by Gasteiger charge is 2.28. The Kier molecular flexibility index (Phi) is 3.67. The van der Waals surface area contributed by atoms with Crippen molar-refractivity contribution < 1.29 is 23.7 Å². The van der Waals surface area contributed by atoms with Crippen molar-refractivity contribution in [3.63, 3.8) is 0 Å². The van der Waals surface area contributed by atoms with E-state index < -0.39 is 6.29 Å². The maximum atomic E-state index is 13.2. The van der Waals surface area contributed by atoms with Crippen LogP contribution in [-0.4, -0.2) is 25.4 Å². The summed E-state index contributed by atoms with van der Waals surface area (Å²) in [6.45, 7) is 4.50. The van der Waals surface area contributed by atoms with Crippen LogP contribution in [0.4, 0.5) is 0 Å². The smallest absolute Gasteiger partial charge is 0.204 e. The number of aromatic hydroxyl groups is 1. The van der Waals surface area contributed by atoms with E-state index in [9.17, 15) is 9.90 Å². The summed E-state index contributed by atoms with van der Waals surface area (Å²) < 4.78 is 22.5. The minimum Gasteiger partial charge on any atom is -0.507 e. The summed E-state index contributed by atoms with van der Waals surface area (Å²) >= 11 is 0. The predicted octanol–water partition coefficient (Wildman–Crippen LogP) is 3.32. The largest absolute Gasteiger partial charge is 0.507 e. The van der Waals surface area contributed by atoms with Crippen LogP contribution in [0, 0.1) is 13.8 Å². The molecule has 0 spiro atoms. The van der Waals surface area contributed by atoms with Crippen LogP contribution in [0.2, 0.25) is 0 Å². The van der Waals surface area contributed by atoms with Crippen LogP contribution in [-0.2, 0) is 9.47 Å². The molecular weight excluding hydrogens is 324 g/mol. The van der Waals surface area contributed by atoms with E-state index in [1.54, 1.807) is 25.1 Å². The van der Waals surface area contributed by atoms with Crippen LogP contribution in [0.3, 0.4) is 0 Å². The van der Waals surface area contributed by atoms with E-state index in [1.165, 1.54) is 7.11 Å². The van der Waals surface area contributed by atoms with Crippen LogP contribution in [0.15, 0.2) is 27.4 Å². The molecule has 3 aromatic rings. The number of phenolic OH excluding ortho intramolecular Hbond substituents is 1. The highest BCUT2D eigenvalue weighted by molar-refractivity contribution is 5.96. The molecular formula is C19H18O6. The van der Waals surface area contributed by atoms with Gasteiger partial charge in [-0.15, -0.1) is 0 Å². The van der Waals surface area contributed by atoms with Crippen molar-refractivity contribution in [1.29, 1.82) is 0 Å². The van der Waals surface area contributed by atoms with Gasteiger partial charge in [-0.25, -0.2) is 0 Å². The summed E-state index contributed by atoms with van der Waals surface area (Å²) in [7, 11) is 1.52. The molecule has 0 saturated carbocycles. The van der Waals surface area contributed by atoms with Gasteiger partial charge < -0.3 is 23.7 Å². The number of hydrogen-bond donors (Lipinski definition) is 1. The molecule has 6 nitrogen and oxygen atoms in total. The van der Waals surface area contributed by atoms with Gasteiger partial charge >= 0.3 is 0 Å². The molecule has 6 heteroatoms. The first-order chi connectivity index (χ1) is 12.0. The number of benzene rings is 2. The molecule has 25 heavy (non-hydrogen) atoms. The van der Waals surface area contributed by atoms with Crippen LogP contribution in [0.1, 0.15) is 23.0 Å². The van der Waals surface area contributed by atoms with Gasteiger partial charge in [0, 0.05) is 0 Å². The average Bonchev–Trinajstić information content (AvgIpc) is 3.13. The van der Waals surface area contributed by atoms with E-state index in [4.69, 9.17) is 18.6 Å². The van der Waals surface area contributed by atoms with Gasteiger partial charge in [0.2, 0.25) is 5.43 Å². The van der Waals surface area contributed by atoms with Gasteiger partial charge in [-0.3, -0.25) is 4.79 Å². The Hall–Kier alpha value is -2.57. The van der Waals surface area contributed by atoms with Gasteiger partial charge in [-0.2, -0.15) is 0 Å². The molecule has 0 atom stereocenters. The van der Waals surface area contributed by atoms with Crippen molar-refractivity contribution in [1.82, 2.24) is 0 Å². The lowest BCUT2D eigenvalue weighted by Crippen LogP contribution is -2.11. The van der Waals surface area contributed by atoms with E-state index in [2.05, 4.69) is 0 Å². The number of ether oxygens (including phenoxy) is 3. The molecule has 0 bridgehead atoms. The molecule has 0 aliphatic carbocycles. The lowest BCUT2D eigenvalue weighted by atomic mass is 10.0. The van der Waals surface area contributed by atoms with E-state index in [0.717, 1.165) is 5.56 Å². The Morgan fingerprint density at radius 3 is 2.52 bits per heavy atom. The van der Waals surface area contributed by atoms with Crippen LogP contribution in [0.5, 0.6) is 11.5 Å². The average molecular weight is 342 g/mol. The van der Waals surface area contributed by atoms with Gasteiger partial charge in [0.05, 0.1) is 31.3 Å². The standard InChI is InChI=1S/C19H18O6/c1-9-8-13-16(17(20)10(9)2)18(21)14-12(25-13)5-4-11(22-3)15(14)19-23-6-7-24-19/h4-5,8,19-20H,6-7H2,1-3H3. The zero-order valence-corrected chi connectivity index (χ0v) is 14.2. The molecule has 1 aliphatic heterocycles. The van der Waals surface area contributed by atoms with Crippen molar-refractivity contribution in [2.45, 2.75) is 20.1 Å². The highest BCUT2D eigenvalue weighted by Crippen LogP contribution is 2.38. The van der Waals surface area contributed by atoms with E-state index >= 15 is 0 Å². The normalized spacial score (nSPS) is 15.3. The van der Waals surface area contributed by atoms with Gasteiger partial charge in [0.25, 0.3) is 0 Å². The number of aryl methyl sites for hydroxylation is 1. The van der Waals surface area contributed by atoms with Crippen LogP contribution in [0.25, 0.3) is 21.9 Å². The summed E-state index contributed by atoms with van der Waals surface area (Å²) in [5.41, 5.74) is 2.41. The topological polar surface area (TPSA) is 78.1 Å². The molecule has 1 N–H and O–H groups in total. The summed E-state index contributed by atoms with van der Waals surface area (Å²) in [6, 6.07) is 5.16. The number of phenols is 1. The maximum Gasteiger partial charge on any atom is 0.204 e. The number of fused-ring (bicyclic) bond motifs is 2. The quantitative estimate of drug-likeness (QED) is 0.720. The number of methoxy groups -OCH3 is 1. The molecule has 1 saturated heterocycles. The molecule has 4 rings (SSSR count). The second-order valence-electron chi connectivity index (χ2n) is 6.10. The molecule has 130 valence electrons. The molecule has 0 radical (unpaired) electrons. The SMILES string of the molecule is COc1ccc2oc3cc(C)c(C)c(O)c3c(=O)c2c1C1OCCO1. The van der Waals surface area contributed by atoms with E-state index in [0.29, 0.717) is 46.6 Å². The lowest BCUT2D eigenvalue weighted by Gasteiger charge is -2.16. The Labute approximate surface area is 143 Å². The van der Waals surface area contributed by atoms with Crippen LogP contribution >= 0.6 is 0 Å². The van der Waals surface area contributed by atoms with E-state index in [-0.39, 0.29) is 16.6 Å². The Bertz CT molecular complexity index is 1040. The molecule has 2 aromatic carbocycles. The molecule has 2 heterocycles. The lowest BCUT2D eigenvalue weighted by molar-refractivity contribution is -0.0443. The van der Waals surface area contributed by atoms with Gasteiger partial charge in [-0.1, -0.05) is 0 Å². The summed E-state index contributed by atoms with van der Waals surface area (Å²) in [6.07, 6.45) is -0.701. The van der Waals surface area contributed by atoms with Crippen molar-refractivity contribution >= 4 is 21.9 Å². The molecule has 0 amide bonds. The zero-order valence-electron chi connectivity index (χ0n) is 14.2. The van der Waals surface area contributed by atoms with Gasteiger partial charge in [-0.05, 0) is 43.2 Å². The first-order valence-electron chi connectivity index (χ1n) is 8.02. The molecule has 0 unspecified atom stereocenters. The van der Waals surface area contributed by atoms with Crippen molar-refractivity contribution in [3.05, 3.63) is 45.1 Å². The first-order valence-corrected chi connectivity index (χ1v) is 8.02. The summed E-state index contributed by atoms with van der Waals surface area (Å²) in [4.78, 5) is 13.2. The van der Waals surface area contributed by atoms with Gasteiger partial charge in [0.1, 0.15) is 28.1 Å². The fourth-order valence-electron chi connectivity index (χ4n) is 3.25. The molecule has 1 aliphatic rings. The zero-order chi connectivity index (χ0) is 17.7. The van der Waals surface area contributed by atoms with Crippen molar-refractivity contribution in [2.24, 2.45) is 0 Å². The van der Waals surface area contributed by atoms with Crippen LogP contribution < -0.4 is 10.2 Å². The second kappa shape index (κ2) is 5.75. The number of rotatable bonds is 2. The van der Waals surface area contributed by atoms with Gasteiger partial charge in [0.15, 0.2) is 6.29 Å².